The van der Waals surface area contributed by atoms with Gasteiger partial charge in [-0.05, 0) is 38.3 Å². The highest BCUT2D eigenvalue weighted by molar-refractivity contribution is 7.60. The number of fused-ring (bicyclic) bond motifs is 2. The predicted octanol–water partition coefficient (Wildman–Crippen LogP) is 1.12. The van der Waals surface area contributed by atoms with Crippen LogP contribution in [0.15, 0.2) is 30.3 Å². The van der Waals surface area contributed by atoms with Gasteiger partial charge in [0.05, 0.1) is 6.61 Å². The molecule has 0 radical (unpaired) electrons. The van der Waals surface area contributed by atoms with Crippen molar-refractivity contribution in [1.29, 1.82) is 0 Å². The fourth-order valence-electron chi connectivity index (χ4n) is 3.84. The number of benzene rings is 1. The number of carbonyl (C=O) groups is 1. The summed E-state index contributed by atoms with van der Waals surface area (Å²) in [5.74, 6) is -0.860. The molecule has 11 nitrogen and oxygen atoms in total. The molecule has 2 heterocycles. The number of piperidine rings is 1. The van der Waals surface area contributed by atoms with E-state index in [0.29, 0.717) is 12.1 Å². The summed E-state index contributed by atoms with van der Waals surface area (Å²) in [5.41, 5.74) is 0.820. The molecule has 0 saturated carbocycles. The van der Waals surface area contributed by atoms with Crippen molar-refractivity contribution in [2.45, 2.75) is 49.8 Å². The lowest BCUT2D eigenvalue weighted by molar-refractivity contribution is -0.155. The van der Waals surface area contributed by atoms with Crippen molar-refractivity contribution in [2.75, 3.05) is 13.7 Å². The molecule has 0 aliphatic carbocycles. The maximum Gasteiger partial charge on any atom is 0.478 e. The SMILES string of the molecule is CN1[C@@H]2CC[C@H]1CC(OC(=O)C(CO)c1ccccc1)C2.O=P(O)(O)OP(=O)(O)O. The minimum absolute atomic E-state index is 0.00367. The second kappa shape index (κ2) is 10.5. The third-order valence-electron chi connectivity index (χ3n) is 5.22. The monoisotopic (exact) mass is 467 g/mol. The second-order valence-corrected chi connectivity index (χ2v) is 9.90. The Morgan fingerprint density at radius 3 is 1.97 bits per heavy atom. The third kappa shape index (κ3) is 7.85. The molecule has 2 saturated heterocycles. The Hall–Kier alpha value is -1.13. The fraction of sp³-hybridized carbons (Fsp3) is 0.588. The Morgan fingerprint density at radius 2 is 1.57 bits per heavy atom. The van der Waals surface area contributed by atoms with Gasteiger partial charge in [-0.3, -0.25) is 4.79 Å². The van der Waals surface area contributed by atoms with E-state index in [2.05, 4.69) is 16.3 Å². The summed E-state index contributed by atoms with van der Waals surface area (Å²) in [5, 5.41) is 9.53. The van der Waals surface area contributed by atoms with Gasteiger partial charge in [0.25, 0.3) is 0 Å². The molecule has 30 heavy (non-hydrogen) atoms. The molecule has 2 bridgehead atoms. The number of aliphatic hydroxyl groups excluding tert-OH is 1. The van der Waals surface area contributed by atoms with Crippen LogP contribution < -0.4 is 0 Å². The Morgan fingerprint density at radius 1 is 1.07 bits per heavy atom. The smallest absolute Gasteiger partial charge is 0.462 e. The van der Waals surface area contributed by atoms with Crippen LogP contribution in [0.25, 0.3) is 0 Å². The summed E-state index contributed by atoms with van der Waals surface area (Å²) in [6.45, 7) is -0.206. The number of ether oxygens (including phenoxy) is 1. The normalized spacial score (nSPS) is 25.2. The van der Waals surface area contributed by atoms with E-state index >= 15 is 0 Å². The molecule has 1 aromatic rings. The Labute approximate surface area is 174 Å². The molecule has 0 amide bonds. The molecule has 170 valence electrons. The van der Waals surface area contributed by atoms with E-state index in [1.54, 1.807) is 0 Å². The van der Waals surface area contributed by atoms with E-state index in [0.717, 1.165) is 18.4 Å². The van der Waals surface area contributed by atoms with Crippen LogP contribution in [0.3, 0.4) is 0 Å². The number of aliphatic hydroxyl groups is 1. The molecule has 2 aliphatic heterocycles. The van der Waals surface area contributed by atoms with Gasteiger partial charge >= 0.3 is 21.6 Å². The van der Waals surface area contributed by atoms with Crippen LogP contribution >= 0.6 is 15.6 Å². The molecule has 3 rings (SSSR count). The standard InChI is InChI=1S/C17H23NO3.H4O7P2/c1-18-13-7-8-14(18)10-15(9-13)21-17(20)16(11-19)12-5-3-2-4-6-12;1-8(2,3)7-9(4,5)6/h2-6,13-16,19H,7-11H2,1H3;(H2,1,2,3)(H2,4,5,6)/t13-,14+,15?,16?;. The number of esters is 1. The summed E-state index contributed by atoms with van der Waals surface area (Å²) in [7, 11) is -7.93. The number of phosphoric acid groups is 2. The number of hydrogen-bond acceptors (Lipinski definition) is 7. The first-order chi connectivity index (χ1) is 13.9. The summed E-state index contributed by atoms with van der Waals surface area (Å²) in [4.78, 5) is 45.8. The molecule has 2 aliphatic rings. The molecule has 13 heteroatoms. The minimum Gasteiger partial charge on any atom is -0.462 e. The van der Waals surface area contributed by atoms with Gasteiger partial charge < -0.3 is 34.3 Å². The zero-order chi connectivity index (χ0) is 22.5. The van der Waals surface area contributed by atoms with Crippen LogP contribution in [0.5, 0.6) is 0 Å². The highest BCUT2D eigenvalue weighted by Crippen LogP contribution is 2.53. The van der Waals surface area contributed by atoms with Gasteiger partial charge in [-0.1, -0.05) is 30.3 Å². The van der Waals surface area contributed by atoms with E-state index < -0.39 is 21.6 Å². The number of rotatable bonds is 6. The number of nitrogens with zero attached hydrogens (tertiary/aromatic N) is 1. The van der Waals surface area contributed by atoms with Crippen LogP contribution in [-0.2, 0) is 23.0 Å². The summed E-state index contributed by atoms with van der Waals surface area (Å²) in [6, 6.07) is 10.5. The molecular formula is C17H27NO10P2. The Kier molecular flexibility index (Phi) is 8.76. The van der Waals surface area contributed by atoms with Crippen molar-refractivity contribution in [2.24, 2.45) is 0 Å². The highest BCUT2D eigenvalue weighted by atomic mass is 31.3. The zero-order valence-corrected chi connectivity index (χ0v) is 18.1. The van der Waals surface area contributed by atoms with Crippen molar-refractivity contribution in [3.8, 4) is 0 Å². The van der Waals surface area contributed by atoms with Gasteiger partial charge in [-0.25, -0.2) is 9.13 Å². The lowest BCUT2D eigenvalue weighted by atomic mass is 9.98. The maximum atomic E-state index is 12.4. The van der Waals surface area contributed by atoms with Crippen molar-refractivity contribution < 1.29 is 47.7 Å². The van der Waals surface area contributed by atoms with Gasteiger partial charge in [0.2, 0.25) is 0 Å². The van der Waals surface area contributed by atoms with E-state index in [-0.39, 0.29) is 18.7 Å². The Balaban J connectivity index is 0.000000303. The topological polar surface area (TPSA) is 174 Å². The van der Waals surface area contributed by atoms with Crippen LogP contribution in [0, 0.1) is 0 Å². The molecule has 0 aromatic heterocycles. The van der Waals surface area contributed by atoms with Crippen molar-refractivity contribution in [3.05, 3.63) is 35.9 Å². The first kappa shape index (κ1) is 25.1. The molecule has 5 N–H and O–H groups in total. The summed E-state index contributed by atoms with van der Waals surface area (Å²) < 4.78 is 27.9. The largest absolute Gasteiger partial charge is 0.478 e. The lowest BCUT2D eigenvalue weighted by Crippen LogP contribution is -2.43. The van der Waals surface area contributed by atoms with E-state index in [1.807, 2.05) is 30.3 Å². The molecule has 1 aromatic carbocycles. The summed E-state index contributed by atoms with van der Waals surface area (Å²) in [6.07, 6.45) is 4.26. The molecule has 2 unspecified atom stereocenters. The molecule has 2 fully saturated rings. The zero-order valence-electron chi connectivity index (χ0n) is 16.4. The van der Waals surface area contributed by atoms with Gasteiger partial charge in [-0.2, -0.15) is 4.31 Å². The second-order valence-electron chi connectivity index (χ2n) is 7.29. The van der Waals surface area contributed by atoms with E-state index in [1.165, 1.54) is 12.8 Å². The van der Waals surface area contributed by atoms with E-state index in [4.69, 9.17) is 24.3 Å². The average molecular weight is 467 g/mol. The molecule has 0 spiro atoms. The quantitative estimate of drug-likeness (QED) is 0.300. The van der Waals surface area contributed by atoms with Gasteiger partial charge in [0.1, 0.15) is 12.0 Å². The first-order valence-corrected chi connectivity index (χ1v) is 12.4. The number of hydrogen-bond donors (Lipinski definition) is 5. The summed E-state index contributed by atoms with van der Waals surface area (Å²) >= 11 is 0. The van der Waals surface area contributed by atoms with Crippen molar-refractivity contribution in [3.63, 3.8) is 0 Å². The fourth-order valence-corrected chi connectivity index (χ4v) is 4.95. The maximum absolute atomic E-state index is 12.4. The van der Waals surface area contributed by atoms with Crippen molar-refractivity contribution in [1.82, 2.24) is 4.90 Å². The minimum atomic E-state index is -5.05. The first-order valence-electron chi connectivity index (χ1n) is 9.30. The highest BCUT2D eigenvalue weighted by Gasteiger charge is 2.40. The lowest BCUT2D eigenvalue weighted by Gasteiger charge is -2.36. The Bertz CT molecular complexity index is 761. The number of carbonyl (C=O) groups excluding carboxylic acids is 1. The van der Waals surface area contributed by atoms with Crippen LogP contribution in [0.1, 0.15) is 37.2 Å². The van der Waals surface area contributed by atoms with Gasteiger partial charge in [0.15, 0.2) is 0 Å². The third-order valence-corrected chi connectivity index (χ3v) is 6.92. The molecule has 4 atom stereocenters. The van der Waals surface area contributed by atoms with Crippen LogP contribution in [0.2, 0.25) is 0 Å². The van der Waals surface area contributed by atoms with Crippen LogP contribution in [0.4, 0.5) is 0 Å². The van der Waals surface area contributed by atoms with Crippen LogP contribution in [-0.4, -0.2) is 67.4 Å². The predicted molar refractivity (Wildman–Crippen MR) is 105 cm³/mol. The van der Waals surface area contributed by atoms with Crippen molar-refractivity contribution >= 4 is 21.6 Å². The van der Waals surface area contributed by atoms with Gasteiger partial charge in [-0.15, -0.1) is 0 Å². The van der Waals surface area contributed by atoms with E-state index in [9.17, 15) is 19.0 Å². The molecular weight excluding hydrogens is 440 g/mol. The van der Waals surface area contributed by atoms with Gasteiger partial charge in [0, 0.05) is 12.1 Å². The average Bonchev–Trinajstić information content (AvgIpc) is 2.82.